The lowest BCUT2D eigenvalue weighted by Gasteiger charge is -2.04. The molecule has 1 aromatic heterocycles. The van der Waals surface area contributed by atoms with Gasteiger partial charge in [0, 0.05) is 6.42 Å². The molecule has 6 nitrogen and oxygen atoms in total. The Morgan fingerprint density at radius 3 is 2.93 bits per heavy atom. The number of carbonyl (C=O) groups is 1. The van der Waals surface area contributed by atoms with Crippen LogP contribution in [0.15, 0.2) is 4.52 Å². The van der Waals surface area contributed by atoms with Crippen LogP contribution >= 0.6 is 0 Å². The average molecular weight is 200 g/mol. The fraction of sp³-hybridized carbons (Fsp3) is 0.625. The third-order valence-electron chi connectivity index (χ3n) is 1.63. The van der Waals surface area contributed by atoms with Gasteiger partial charge in [0.25, 0.3) is 5.89 Å². The zero-order valence-corrected chi connectivity index (χ0v) is 8.06. The van der Waals surface area contributed by atoms with Crippen molar-refractivity contribution in [2.45, 2.75) is 33.0 Å². The van der Waals surface area contributed by atoms with E-state index >= 15 is 0 Å². The summed E-state index contributed by atoms with van der Waals surface area (Å²) in [5.74, 6) is -0.123. The lowest BCUT2D eigenvalue weighted by molar-refractivity contribution is -0.150. The average Bonchev–Trinajstić information content (AvgIpc) is 2.61. The normalized spacial score (nSPS) is 12.7. The smallest absolute Gasteiger partial charge is 0.332 e. The first-order valence-corrected chi connectivity index (χ1v) is 4.29. The van der Waals surface area contributed by atoms with Crippen LogP contribution in [0.25, 0.3) is 0 Å². The SMILES string of the molecule is CCc1noc(CO[C@H](C)C(=O)O)n1. The van der Waals surface area contributed by atoms with Crippen LogP contribution in [0.5, 0.6) is 0 Å². The minimum atomic E-state index is -1.01. The molecule has 0 saturated heterocycles. The second kappa shape index (κ2) is 4.71. The number of rotatable bonds is 5. The van der Waals surface area contributed by atoms with Gasteiger partial charge in [-0.15, -0.1) is 0 Å². The number of nitrogens with zero attached hydrogens (tertiary/aromatic N) is 2. The number of aryl methyl sites for hydroxylation is 1. The maximum Gasteiger partial charge on any atom is 0.332 e. The predicted octanol–water partition coefficient (Wildman–Crippen LogP) is 0.622. The number of hydrogen-bond donors (Lipinski definition) is 1. The quantitative estimate of drug-likeness (QED) is 0.749. The molecule has 1 heterocycles. The molecule has 0 unspecified atom stereocenters. The molecule has 0 aromatic carbocycles. The Balaban J connectivity index is 2.41. The maximum atomic E-state index is 10.4. The molecule has 0 aliphatic carbocycles. The fourth-order valence-corrected chi connectivity index (χ4v) is 0.760. The highest BCUT2D eigenvalue weighted by molar-refractivity contribution is 5.71. The summed E-state index contributed by atoms with van der Waals surface area (Å²) in [6.45, 7) is 3.37. The first-order chi connectivity index (χ1) is 6.63. The lowest BCUT2D eigenvalue weighted by Crippen LogP contribution is -2.19. The molecule has 0 aliphatic heterocycles. The highest BCUT2D eigenvalue weighted by Crippen LogP contribution is 2.02. The predicted molar refractivity (Wildman–Crippen MR) is 45.6 cm³/mol. The van der Waals surface area contributed by atoms with Crippen LogP contribution in [0.4, 0.5) is 0 Å². The highest BCUT2D eigenvalue weighted by atomic mass is 16.5. The number of hydrogen-bond acceptors (Lipinski definition) is 5. The minimum absolute atomic E-state index is 0.0282. The number of aliphatic carboxylic acids is 1. The Kier molecular flexibility index (Phi) is 3.58. The molecule has 0 fully saturated rings. The van der Waals surface area contributed by atoms with Gasteiger partial charge in [0.05, 0.1) is 0 Å². The molecular weight excluding hydrogens is 188 g/mol. The summed E-state index contributed by atoms with van der Waals surface area (Å²) in [4.78, 5) is 14.4. The molecule has 14 heavy (non-hydrogen) atoms. The van der Waals surface area contributed by atoms with E-state index in [1.54, 1.807) is 0 Å². The molecule has 0 aliphatic rings. The molecule has 0 bridgehead atoms. The largest absolute Gasteiger partial charge is 0.479 e. The van der Waals surface area contributed by atoms with Crippen molar-refractivity contribution in [3.05, 3.63) is 11.7 Å². The van der Waals surface area contributed by atoms with Crippen molar-refractivity contribution in [2.24, 2.45) is 0 Å². The van der Waals surface area contributed by atoms with E-state index in [0.717, 1.165) is 0 Å². The molecule has 0 spiro atoms. The summed E-state index contributed by atoms with van der Waals surface area (Å²) < 4.78 is 9.76. The summed E-state index contributed by atoms with van der Waals surface area (Å²) in [6, 6.07) is 0. The first kappa shape index (κ1) is 10.6. The summed E-state index contributed by atoms with van der Waals surface area (Å²) in [6.07, 6.45) is -0.190. The van der Waals surface area contributed by atoms with E-state index in [1.165, 1.54) is 6.92 Å². The van der Waals surface area contributed by atoms with Crippen molar-refractivity contribution in [3.63, 3.8) is 0 Å². The maximum absolute atomic E-state index is 10.4. The molecule has 0 radical (unpaired) electrons. The molecule has 1 N–H and O–H groups in total. The van der Waals surface area contributed by atoms with Crippen molar-refractivity contribution < 1.29 is 19.2 Å². The molecular formula is C8H12N2O4. The Bertz CT molecular complexity index is 310. The molecule has 6 heteroatoms. The molecule has 78 valence electrons. The van der Waals surface area contributed by atoms with Gasteiger partial charge < -0.3 is 14.4 Å². The summed E-state index contributed by atoms with van der Waals surface area (Å²) >= 11 is 0. The Hall–Kier alpha value is -1.43. The molecule has 0 saturated carbocycles. The van der Waals surface area contributed by atoms with E-state index < -0.39 is 12.1 Å². The summed E-state index contributed by atoms with van der Waals surface area (Å²) in [5.41, 5.74) is 0. The van der Waals surface area contributed by atoms with Crippen LogP contribution in [0.1, 0.15) is 25.6 Å². The van der Waals surface area contributed by atoms with Crippen LogP contribution in [-0.2, 0) is 22.6 Å². The van der Waals surface area contributed by atoms with Crippen molar-refractivity contribution in [1.29, 1.82) is 0 Å². The molecule has 1 atom stereocenters. The summed E-state index contributed by atoms with van der Waals surface area (Å²) in [5, 5.41) is 12.2. The topological polar surface area (TPSA) is 85.5 Å². The van der Waals surface area contributed by atoms with Crippen LogP contribution in [0.2, 0.25) is 0 Å². The van der Waals surface area contributed by atoms with E-state index in [2.05, 4.69) is 10.1 Å². The lowest BCUT2D eigenvalue weighted by atomic mass is 10.4. The van der Waals surface area contributed by atoms with Crippen LogP contribution in [0.3, 0.4) is 0 Å². The highest BCUT2D eigenvalue weighted by Gasteiger charge is 2.13. The van der Waals surface area contributed by atoms with Crippen molar-refractivity contribution in [1.82, 2.24) is 10.1 Å². The third kappa shape index (κ3) is 2.81. The standard InChI is InChI=1S/C8H12N2O4/c1-3-6-9-7(14-10-6)4-13-5(2)8(11)12/h5H,3-4H2,1-2H3,(H,11,12)/t5-/m1/s1. The van der Waals surface area contributed by atoms with Crippen molar-refractivity contribution in [2.75, 3.05) is 0 Å². The second-order valence-electron chi connectivity index (χ2n) is 2.75. The van der Waals surface area contributed by atoms with Gasteiger partial charge in [0.15, 0.2) is 11.9 Å². The van der Waals surface area contributed by atoms with E-state index in [9.17, 15) is 4.79 Å². The third-order valence-corrected chi connectivity index (χ3v) is 1.63. The van der Waals surface area contributed by atoms with E-state index in [0.29, 0.717) is 18.1 Å². The van der Waals surface area contributed by atoms with Gasteiger partial charge >= 0.3 is 5.97 Å². The Labute approximate surface area is 80.9 Å². The van der Waals surface area contributed by atoms with Gasteiger partial charge in [0.1, 0.15) is 6.61 Å². The zero-order chi connectivity index (χ0) is 10.6. The van der Waals surface area contributed by atoms with E-state index in [-0.39, 0.29) is 6.61 Å². The van der Waals surface area contributed by atoms with E-state index in [1.807, 2.05) is 6.92 Å². The minimum Gasteiger partial charge on any atom is -0.479 e. The Morgan fingerprint density at radius 1 is 1.71 bits per heavy atom. The van der Waals surface area contributed by atoms with E-state index in [4.69, 9.17) is 14.4 Å². The van der Waals surface area contributed by atoms with Crippen LogP contribution in [-0.4, -0.2) is 27.3 Å². The van der Waals surface area contributed by atoms with Crippen LogP contribution in [0, 0.1) is 0 Å². The fourth-order valence-electron chi connectivity index (χ4n) is 0.760. The molecule has 1 aromatic rings. The van der Waals surface area contributed by atoms with Gasteiger partial charge in [-0.2, -0.15) is 4.98 Å². The number of carboxylic acid groups (broad SMARTS) is 1. The van der Waals surface area contributed by atoms with Gasteiger partial charge in [-0.25, -0.2) is 4.79 Å². The Morgan fingerprint density at radius 2 is 2.43 bits per heavy atom. The van der Waals surface area contributed by atoms with Gasteiger partial charge in [-0.3, -0.25) is 0 Å². The molecule has 0 amide bonds. The zero-order valence-electron chi connectivity index (χ0n) is 8.06. The second-order valence-corrected chi connectivity index (χ2v) is 2.75. The van der Waals surface area contributed by atoms with Crippen molar-refractivity contribution in [3.8, 4) is 0 Å². The number of carboxylic acids is 1. The number of ether oxygens (including phenoxy) is 1. The monoisotopic (exact) mass is 200 g/mol. The van der Waals surface area contributed by atoms with Gasteiger partial charge in [0.2, 0.25) is 0 Å². The number of aromatic nitrogens is 2. The summed E-state index contributed by atoms with van der Waals surface area (Å²) in [7, 11) is 0. The van der Waals surface area contributed by atoms with Crippen LogP contribution < -0.4 is 0 Å². The molecule has 1 rings (SSSR count). The van der Waals surface area contributed by atoms with Gasteiger partial charge in [-0.05, 0) is 6.92 Å². The first-order valence-electron chi connectivity index (χ1n) is 4.29. The van der Waals surface area contributed by atoms with Crippen molar-refractivity contribution >= 4 is 5.97 Å². The van der Waals surface area contributed by atoms with Gasteiger partial charge in [-0.1, -0.05) is 12.1 Å².